The quantitative estimate of drug-likeness (QED) is 0.582. The highest BCUT2D eigenvalue weighted by molar-refractivity contribution is 6.36. The van der Waals surface area contributed by atoms with Crippen LogP contribution >= 0.6 is 11.6 Å². The summed E-state index contributed by atoms with van der Waals surface area (Å²) in [5.74, 6) is -1.91. The molecule has 0 saturated carbocycles. The van der Waals surface area contributed by atoms with E-state index in [9.17, 15) is 19.5 Å². The molecule has 0 radical (unpaired) electrons. The van der Waals surface area contributed by atoms with Crippen LogP contribution in [0.2, 0.25) is 5.02 Å². The number of anilines is 1. The third-order valence-electron chi connectivity index (χ3n) is 6.05. The molecule has 2 atom stereocenters. The number of rotatable bonds is 6. The number of ether oxygens (including phenoxy) is 4. The minimum absolute atomic E-state index is 0.0451. The first-order chi connectivity index (χ1) is 16.2. The summed E-state index contributed by atoms with van der Waals surface area (Å²) in [6.45, 7) is 1.72. The number of hydrogen-bond donors (Lipinski definition) is 2. The number of aromatic carboxylic acids is 1. The van der Waals surface area contributed by atoms with Crippen molar-refractivity contribution < 1.29 is 38.4 Å². The normalized spacial score (nSPS) is 21.0. The Morgan fingerprint density at radius 3 is 2.38 bits per heavy atom. The summed E-state index contributed by atoms with van der Waals surface area (Å²) in [7, 11) is 4.27. The van der Waals surface area contributed by atoms with Gasteiger partial charge in [0.25, 0.3) is 0 Å². The first-order valence-electron chi connectivity index (χ1n) is 10.3. The molecule has 1 heterocycles. The van der Waals surface area contributed by atoms with Crippen LogP contribution in [0.5, 0.6) is 23.0 Å². The lowest BCUT2D eigenvalue weighted by Crippen LogP contribution is -2.55. The van der Waals surface area contributed by atoms with Crippen LogP contribution < -0.4 is 24.3 Å². The SMILES string of the molecule is COc1ccc(C(=O)O)cc1NC1=CC(=O)C2(Oc3c(Cl)c(OC)cc(OC)c3C2=O)C(C)C1. The Bertz CT molecular complexity index is 1250. The van der Waals surface area contributed by atoms with Gasteiger partial charge in [-0.05, 0) is 24.6 Å². The van der Waals surface area contributed by atoms with Crippen molar-refractivity contribution in [1.29, 1.82) is 0 Å². The van der Waals surface area contributed by atoms with Crippen LogP contribution in [-0.4, -0.2) is 49.6 Å². The maximum atomic E-state index is 13.6. The van der Waals surface area contributed by atoms with Crippen molar-refractivity contribution in [3.8, 4) is 23.0 Å². The van der Waals surface area contributed by atoms with Crippen molar-refractivity contribution in [2.75, 3.05) is 26.6 Å². The van der Waals surface area contributed by atoms with Crippen molar-refractivity contribution >= 4 is 34.8 Å². The highest BCUT2D eigenvalue weighted by atomic mass is 35.5. The summed E-state index contributed by atoms with van der Waals surface area (Å²) < 4.78 is 21.9. The first-order valence-corrected chi connectivity index (χ1v) is 10.7. The van der Waals surface area contributed by atoms with Gasteiger partial charge in [-0.25, -0.2) is 4.79 Å². The van der Waals surface area contributed by atoms with Gasteiger partial charge in [0.1, 0.15) is 27.8 Å². The van der Waals surface area contributed by atoms with E-state index in [1.807, 2.05) is 0 Å². The number of nitrogens with one attached hydrogen (secondary N) is 1. The Labute approximate surface area is 200 Å². The van der Waals surface area contributed by atoms with Crippen molar-refractivity contribution in [3.63, 3.8) is 0 Å². The highest BCUT2D eigenvalue weighted by Gasteiger charge is 2.60. The molecule has 2 aromatic rings. The zero-order valence-corrected chi connectivity index (χ0v) is 19.6. The number of benzene rings is 2. The second-order valence-electron chi connectivity index (χ2n) is 7.95. The molecule has 2 aliphatic rings. The summed E-state index contributed by atoms with van der Waals surface area (Å²) in [5, 5.41) is 12.4. The number of ketones is 2. The Kier molecular flexibility index (Phi) is 5.91. The molecule has 2 unspecified atom stereocenters. The summed E-state index contributed by atoms with van der Waals surface area (Å²) in [6.07, 6.45) is 1.54. The molecule has 34 heavy (non-hydrogen) atoms. The first kappa shape index (κ1) is 23.4. The lowest BCUT2D eigenvalue weighted by Gasteiger charge is -2.35. The molecule has 9 nitrogen and oxygen atoms in total. The van der Waals surface area contributed by atoms with E-state index in [2.05, 4.69) is 5.32 Å². The predicted octanol–water partition coefficient (Wildman–Crippen LogP) is 3.98. The molecule has 0 fully saturated rings. The maximum Gasteiger partial charge on any atom is 0.335 e. The number of hydrogen-bond acceptors (Lipinski definition) is 8. The van der Waals surface area contributed by atoms with Crippen LogP contribution in [0.3, 0.4) is 0 Å². The third-order valence-corrected chi connectivity index (χ3v) is 6.41. The molecule has 2 aromatic carbocycles. The summed E-state index contributed by atoms with van der Waals surface area (Å²) in [5.41, 5.74) is -0.804. The minimum atomic E-state index is -1.80. The predicted molar refractivity (Wildman–Crippen MR) is 123 cm³/mol. The zero-order chi connectivity index (χ0) is 24.8. The Morgan fingerprint density at radius 2 is 1.79 bits per heavy atom. The van der Waals surface area contributed by atoms with E-state index in [0.717, 1.165) is 0 Å². The second kappa shape index (κ2) is 8.57. The van der Waals surface area contributed by atoms with Gasteiger partial charge in [-0.2, -0.15) is 0 Å². The van der Waals surface area contributed by atoms with Crippen molar-refractivity contribution in [1.82, 2.24) is 0 Å². The molecule has 178 valence electrons. The fourth-order valence-corrected chi connectivity index (χ4v) is 4.59. The zero-order valence-electron chi connectivity index (χ0n) is 18.9. The monoisotopic (exact) mass is 487 g/mol. The number of halogens is 1. The van der Waals surface area contributed by atoms with Gasteiger partial charge in [-0.15, -0.1) is 0 Å². The smallest absolute Gasteiger partial charge is 0.335 e. The van der Waals surface area contributed by atoms with Gasteiger partial charge >= 0.3 is 5.97 Å². The highest BCUT2D eigenvalue weighted by Crippen LogP contribution is 2.53. The average Bonchev–Trinajstić information content (AvgIpc) is 3.13. The van der Waals surface area contributed by atoms with Gasteiger partial charge in [0.05, 0.1) is 32.6 Å². The number of fused-ring (bicyclic) bond motifs is 1. The summed E-state index contributed by atoms with van der Waals surface area (Å²) in [4.78, 5) is 38.3. The number of Topliss-reactive ketones (excluding diaryl/α,β-unsaturated/α-hetero) is 1. The number of allylic oxidation sites excluding steroid dienone is 1. The lowest BCUT2D eigenvalue weighted by atomic mass is 9.74. The number of carboxylic acids is 1. The molecule has 1 aliphatic carbocycles. The second-order valence-corrected chi connectivity index (χ2v) is 8.33. The molecular formula is C24H22ClNO8. The van der Waals surface area contributed by atoms with E-state index in [1.54, 1.807) is 6.92 Å². The molecule has 4 rings (SSSR count). The average molecular weight is 488 g/mol. The molecule has 0 bridgehead atoms. The van der Waals surface area contributed by atoms with E-state index in [4.69, 9.17) is 30.5 Å². The van der Waals surface area contributed by atoms with Crippen LogP contribution in [0.1, 0.15) is 34.1 Å². The van der Waals surface area contributed by atoms with E-state index >= 15 is 0 Å². The summed E-state index contributed by atoms with van der Waals surface area (Å²) >= 11 is 6.40. The standard InChI is InChI=1S/C24H22ClNO8/c1-11-7-13(26-14-8-12(23(29)30)5-6-15(14)31-2)9-18(27)24(11)22(28)19-16(32-3)10-17(33-4)20(25)21(19)34-24/h5-6,8-11,26H,7H2,1-4H3,(H,29,30). The van der Waals surface area contributed by atoms with E-state index in [-0.39, 0.29) is 39.8 Å². The van der Waals surface area contributed by atoms with Gasteiger partial charge in [0, 0.05) is 23.8 Å². The topological polar surface area (TPSA) is 120 Å². The molecule has 10 heteroatoms. The Balaban J connectivity index is 1.72. The Hall–Kier alpha value is -3.72. The van der Waals surface area contributed by atoms with Gasteiger partial charge in [0.2, 0.25) is 17.2 Å². The fraction of sp³-hybridized carbons (Fsp3) is 0.292. The van der Waals surface area contributed by atoms with E-state index in [0.29, 0.717) is 17.1 Å². The van der Waals surface area contributed by atoms with Crippen molar-refractivity contribution in [2.45, 2.75) is 18.9 Å². The molecule has 1 spiro atoms. The molecule has 1 aliphatic heterocycles. The van der Waals surface area contributed by atoms with Crippen LogP contribution in [0.15, 0.2) is 36.0 Å². The van der Waals surface area contributed by atoms with Crippen LogP contribution in [-0.2, 0) is 4.79 Å². The van der Waals surface area contributed by atoms with Gasteiger partial charge in [-0.3, -0.25) is 9.59 Å². The molecular weight excluding hydrogens is 466 g/mol. The van der Waals surface area contributed by atoms with E-state index < -0.39 is 29.1 Å². The minimum Gasteiger partial charge on any atom is -0.496 e. The number of carbonyl (C=O) groups is 3. The number of carboxylic acid groups (broad SMARTS) is 1. The number of methoxy groups -OCH3 is 3. The van der Waals surface area contributed by atoms with Gasteiger partial charge < -0.3 is 29.4 Å². The van der Waals surface area contributed by atoms with Crippen LogP contribution in [0.4, 0.5) is 5.69 Å². The van der Waals surface area contributed by atoms with Crippen molar-refractivity contribution in [3.05, 3.63) is 52.2 Å². The van der Waals surface area contributed by atoms with Gasteiger partial charge in [0.15, 0.2) is 5.75 Å². The molecule has 0 amide bonds. The summed E-state index contributed by atoms with van der Waals surface area (Å²) in [6, 6.07) is 5.82. The van der Waals surface area contributed by atoms with E-state index in [1.165, 1.54) is 51.7 Å². The lowest BCUT2D eigenvalue weighted by molar-refractivity contribution is -0.129. The van der Waals surface area contributed by atoms with Crippen molar-refractivity contribution in [2.24, 2.45) is 5.92 Å². The fourth-order valence-electron chi connectivity index (χ4n) is 4.33. The largest absolute Gasteiger partial charge is 0.496 e. The third kappa shape index (κ3) is 3.43. The number of carbonyl (C=O) groups excluding carboxylic acids is 2. The Morgan fingerprint density at radius 1 is 1.12 bits per heavy atom. The molecule has 2 N–H and O–H groups in total. The molecule has 0 saturated heterocycles. The van der Waals surface area contributed by atoms with Crippen LogP contribution in [0, 0.1) is 5.92 Å². The van der Waals surface area contributed by atoms with Crippen LogP contribution in [0.25, 0.3) is 0 Å². The molecule has 0 aromatic heterocycles. The maximum absolute atomic E-state index is 13.6. The van der Waals surface area contributed by atoms with Gasteiger partial charge in [-0.1, -0.05) is 18.5 Å².